The van der Waals surface area contributed by atoms with Crippen molar-refractivity contribution in [1.29, 1.82) is 0 Å². The van der Waals surface area contributed by atoms with Crippen LogP contribution in [0.3, 0.4) is 0 Å². The minimum atomic E-state index is -0.0123. The first kappa shape index (κ1) is 21.9. The predicted molar refractivity (Wildman–Crippen MR) is 111 cm³/mol. The minimum absolute atomic E-state index is 0. The van der Waals surface area contributed by atoms with Gasteiger partial charge < -0.3 is 24.8 Å². The van der Waals surface area contributed by atoms with Gasteiger partial charge in [-0.05, 0) is 61.3 Å². The van der Waals surface area contributed by atoms with Crippen LogP contribution >= 0.6 is 12.4 Å². The lowest BCUT2D eigenvalue weighted by Crippen LogP contribution is -2.33. The summed E-state index contributed by atoms with van der Waals surface area (Å²) in [6.07, 6.45) is 0.886. The Labute approximate surface area is 172 Å². The fourth-order valence-electron chi connectivity index (χ4n) is 3.08. The fourth-order valence-corrected chi connectivity index (χ4v) is 3.08. The third-order valence-electron chi connectivity index (χ3n) is 4.62. The van der Waals surface area contributed by atoms with Crippen molar-refractivity contribution in [3.05, 3.63) is 53.1 Å². The minimum Gasteiger partial charge on any atom is -0.493 e. The number of hydrogen-bond acceptors (Lipinski definition) is 5. The Morgan fingerprint density at radius 1 is 1.11 bits per heavy atom. The van der Waals surface area contributed by atoms with Gasteiger partial charge in [-0.3, -0.25) is 4.79 Å². The molecule has 0 saturated carbocycles. The molecule has 1 aliphatic heterocycles. The molecule has 7 heteroatoms. The van der Waals surface area contributed by atoms with Crippen molar-refractivity contribution in [1.82, 2.24) is 10.6 Å². The van der Waals surface area contributed by atoms with Crippen molar-refractivity contribution in [2.24, 2.45) is 0 Å². The zero-order chi connectivity index (χ0) is 19.2. The maximum absolute atomic E-state index is 11.6. The van der Waals surface area contributed by atoms with Crippen molar-refractivity contribution in [2.75, 3.05) is 27.4 Å². The first-order valence-electron chi connectivity index (χ1n) is 9.09. The molecule has 1 atom stereocenters. The number of carbonyl (C=O) groups excluding carboxylic acids is 1. The number of benzene rings is 2. The predicted octanol–water partition coefficient (Wildman–Crippen LogP) is 2.97. The van der Waals surface area contributed by atoms with Crippen LogP contribution in [0.4, 0.5) is 0 Å². The van der Waals surface area contributed by atoms with Crippen LogP contribution in [0.1, 0.15) is 28.4 Å². The first-order valence-corrected chi connectivity index (χ1v) is 9.09. The quantitative estimate of drug-likeness (QED) is 0.670. The van der Waals surface area contributed by atoms with E-state index in [9.17, 15) is 4.79 Å². The second-order valence-electron chi connectivity index (χ2n) is 6.61. The number of rotatable bonds is 9. The molecular formula is C21H27ClN2O4. The molecule has 2 aromatic rings. The zero-order valence-electron chi connectivity index (χ0n) is 16.4. The van der Waals surface area contributed by atoms with Crippen LogP contribution in [0, 0.1) is 0 Å². The molecule has 1 heterocycles. The third-order valence-corrected chi connectivity index (χ3v) is 4.62. The van der Waals surface area contributed by atoms with Gasteiger partial charge in [0, 0.05) is 18.2 Å². The van der Waals surface area contributed by atoms with E-state index in [1.807, 2.05) is 36.4 Å². The zero-order valence-corrected chi connectivity index (χ0v) is 17.2. The van der Waals surface area contributed by atoms with Gasteiger partial charge in [0.2, 0.25) is 0 Å². The topological polar surface area (TPSA) is 68.8 Å². The summed E-state index contributed by atoms with van der Waals surface area (Å²) in [5.41, 5.74) is 2.92. The molecule has 0 aromatic heterocycles. The van der Waals surface area contributed by atoms with E-state index in [2.05, 4.69) is 17.6 Å². The summed E-state index contributed by atoms with van der Waals surface area (Å²) in [5, 5.41) is 6.28. The van der Waals surface area contributed by atoms with Gasteiger partial charge in [0.05, 0.1) is 14.2 Å². The second-order valence-corrected chi connectivity index (χ2v) is 6.61. The van der Waals surface area contributed by atoms with Crippen LogP contribution in [0.5, 0.6) is 17.2 Å². The van der Waals surface area contributed by atoms with Crippen molar-refractivity contribution in [2.45, 2.75) is 25.9 Å². The molecule has 152 valence electrons. The Kier molecular flexibility index (Phi) is 7.96. The van der Waals surface area contributed by atoms with E-state index in [4.69, 9.17) is 14.2 Å². The Bertz CT molecular complexity index is 813. The molecule has 0 saturated heterocycles. The molecule has 0 radical (unpaired) electrons. The highest BCUT2D eigenvalue weighted by molar-refractivity contribution is 5.98. The first-order chi connectivity index (χ1) is 13.1. The van der Waals surface area contributed by atoms with Gasteiger partial charge in [-0.1, -0.05) is 6.07 Å². The van der Waals surface area contributed by atoms with E-state index in [1.54, 1.807) is 14.2 Å². The van der Waals surface area contributed by atoms with E-state index < -0.39 is 0 Å². The summed E-state index contributed by atoms with van der Waals surface area (Å²) in [7, 11) is 3.28. The fraction of sp³-hybridized carbons (Fsp3) is 0.381. The Morgan fingerprint density at radius 3 is 2.64 bits per heavy atom. The number of hydrogen-bond donors (Lipinski definition) is 2. The molecule has 3 rings (SSSR count). The Hall–Kier alpha value is -2.44. The maximum Gasteiger partial charge on any atom is 0.251 e. The number of halogens is 1. The van der Waals surface area contributed by atoms with Crippen LogP contribution in [0.2, 0.25) is 0 Å². The number of nitrogens with one attached hydrogen (secondary N) is 2. The highest BCUT2D eigenvalue weighted by atomic mass is 35.5. The van der Waals surface area contributed by atoms with Gasteiger partial charge in [-0.2, -0.15) is 0 Å². The van der Waals surface area contributed by atoms with Crippen LogP contribution < -0.4 is 24.8 Å². The number of methoxy groups -OCH3 is 2. The molecular weight excluding hydrogens is 380 g/mol. The van der Waals surface area contributed by atoms with E-state index in [0.29, 0.717) is 13.2 Å². The summed E-state index contributed by atoms with van der Waals surface area (Å²) in [6.45, 7) is 4.06. The molecule has 28 heavy (non-hydrogen) atoms. The van der Waals surface area contributed by atoms with E-state index >= 15 is 0 Å². The van der Waals surface area contributed by atoms with E-state index in [0.717, 1.165) is 41.3 Å². The van der Waals surface area contributed by atoms with Crippen LogP contribution in [-0.2, 0) is 13.0 Å². The van der Waals surface area contributed by atoms with Gasteiger partial charge in [0.25, 0.3) is 5.91 Å². The number of amides is 1. The second kappa shape index (κ2) is 10.2. The Morgan fingerprint density at radius 2 is 1.89 bits per heavy atom. The van der Waals surface area contributed by atoms with Crippen molar-refractivity contribution >= 4 is 18.3 Å². The smallest absolute Gasteiger partial charge is 0.251 e. The van der Waals surface area contributed by atoms with Crippen molar-refractivity contribution in [3.63, 3.8) is 0 Å². The molecule has 0 spiro atoms. The summed E-state index contributed by atoms with van der Waals surface area (Å²) in [4.78, 5) is 11.6. The van der Waals surface area contributed by atoms with Crippen LogP contribution in [0.25, 0.3) is 0 Å². The standard InChI is InChI=1S/C21H26N2O4.ClH/c1-14(13-27-17-5-6-18-16(11-17)12-23-21(18)24)22-9-8-15-4-7-19(25-2)20(10-15)26-3;/h4-7,10-11,14,22H,8-9,12-13H2,1-3H3,(H,23,24);1H. The lowest BCUT2D eigenvalue weighted by Gasteiger charge is -2.16. The van der Waals surface area contributed by atoms with E-state index in [1.165, 1.54) is 5.56 Å². The van der Waals surface area contributed by atoms with Gasteiger partial charge in [-0.15, -0.1) is 12.4 Å². The Balaban J connectivity index is 0.00000280. The number of ether oxygens (including phenoxy) is 3. The summed E-state index contributed by atoms with van der Waals surface area (Å²) >= 11 is 0. The summed E-state index contributed by atoms with van der Waals surface area (Å²) < 4.78 is 16.5. The van der Waals surface area contributed by atoms with Gasteiger partial charge >= 0.3 is 0 Å². The highest BCUT2D eigenvalue weighted by Crippen LogP contribution is 2.27. The lowest BCUT2D eigenvalue weighted by molar-refractivity contribution is 0.0965. The van der Waals surface area contributed by atoms with Gasteiger partial charge in [-0.25, -0.2) is 0 Å². The largest absolute Gasteiger partial charge is 0.493 e. The van der Waals surface area contributed by atoms with Crippen molar-refractivity contribution < 1.29 is 19.0 Å². The maximum atomic E-state index is 11.6. The van der Waals surface area contributed by atoms with Crippen LogP contribution in [-0.4, -0.2) is 39.3 Å². The third kappa shape index (κ3) is 5.30. The monoisotopic (exact) mass is 406 g/mol. The normalized spacial score (nSPS) is 13.2. The van der Waals surface area contributed by atoms with Crippen molar-refractivity contribution in [3.8, 4) is 17.2 Å². The average molecular weight is 407 g/mol. The lowest BCUT2D eigenvalue weighted by atomic mass is 10.1. The average Bonchev–Trinajstić information content (AvgIpc) is 3.06. The molecule has 1 amide bonds. The SMILES string of the molecule is COc1ccc(CCNC(C)COc2ccc3c(c2)CNC3=O)cc1OC.Cl. The van der Waals surface area contributed by atoms with Crippen LogP contribution in [0.15, 0.2) is 36.4 Å². The molecule has 0 aliphatic carbocycles. The molecule has 0 bridgehead atoms. The molecule has 2 aromatic carbocycles. The summed E-state index contributed by atoms with van der Waals surface area (Å²) in [5.74, 6) is 2.26. The summed E-state index contributed by atoms with van der Waals surface area (Å²) in [6, 6.07) is 11.8. The molecule has 6 nitrogen and oxygen atoms in total. The number of carbonyl (C=O) groups is 1. The molecule has 1 aliphatic rings. The number of fused-ring (bicyclic) bond motifs is 1. The molecule has 0 fully saturated rings. The van der Waals surface area contributed by atoms with Gasteiger partial charge in [0.15, 0.2) is 11.5 Å². The molecule has 2 N–H and O–H groups in total. The molecule has 1 unspecified atom stereocenters. The highest BCUT2D eigenvalue weighted by Gasteiger charge is 2.18. The van der Waals surface area contributed by atoms with E-state index in [-0.39, 0.29) is 24.4 Å². The van der Waals surface area contributed by atoms with Gasteiger partial charge in [0.1, 0.15) is 12.4 Å².